The number of rotatable bonds is 6. The summed E-state index contributed by atoms with van der Waals surface area (Å²) in [5, 5.41) is 3.72. The molecule has 1 unspecified atom stereocenters. The molecular formula is C16H25NO. The Labute approximate surface area is 111 Å². The minimum atomic E-state index is 0.152. The molecule has 1 atom stereocenters. The molecule has 0 aromatic heterocycles. The van der Waals surface area contributed by atoms with Crippen LogP contribution in [-0.4, -0.2) is 13.2 Å². The summed E-state index contributed by atoms with van der Waals surface area (Å²) in [6, 6.07) is 8.55. The van der Waals surface area contributed by atoms with E-state index in [1.54, 1.807) is 0 Å². The largest absolute Gasteiger partial charge is 0.493 e. The Morgan fingerprint density at radius 3 is 2.72 bits per heavy atom. The van der Waals surface area contributed by atoms with Crippen molar-refractivity contribution in [1.29, 1.82) is 0 Å². The van der Waals surface area contributed by atoms with E-state index in [2.05, 4.69) is 43.4 Å². The maximum absolute atomic E-state index is 5.93. The van der Waals surface area contributed by atoms with Crippen LogP contribution in [0.5, 0.6) is 5.75 Å². The molecule has 18 heavy (non-hydrogen) atoms. The van der Waals surface area contributed by atoms with Crippen LogP contribution in [0.2, 0.25) is 0 Å². The highest BCUT2D eigenvalue weighted by molar-refractivity contribution is 5.40. The van der Waals surface area contributed by atoms with Gasteiger partial charge >= 0.3 is 0 Å². The molecule has 2 nitrogen and oxygen atoms in total. The van der Waals surface area contributed by atoms with Crippen molar-refractivity contribution in [2.24, 2.45) is 0 Å². The molecule has 2 rings (SSSR count). The average Bonchev–Trinajstić information content (AvgIpc) is 2.87. The zero-order valence-corrected chi connectivity index (χ0v) is 11.7. The molecule has 0 amide bonds. The lowest BCUT2D eigenvalue weighted by Crippen LogP contribution is -2.37. The molecule has 2 heteroatoms. The number of para-hydroxylation sites is 1. The zero-order chi connectivity index (χ0) is 12.8. The molecule has 0 saturated carbocycles. The van der Waals surface area contributed by atoms with E-state index >= 15 is 0 Å². The van der Waals surface area contributed by atoms with Crippen molar-refractivity contribution in [3.8, 4) is 5.75 Å². The Bertz CT molecular complexity index is 369. The van der Waals surface area contributed by atoms with Gasteiger partial charge in [0, 0.05) is 11.1 Å². The van der Waals surface area contributed by atoms with E-state index in [1.165, 1.54) is 31.2 Å². The van der Waals surface area contributed by atoms with E-state index in [-0.39, 0.29) is 5.54 Å². The van der Waals surface area contributed by atoms with Gasteiger partial charge < -0.3 is 10.1 Å². The summed E-state index contributed by atoms with van der Waals surface area (Å²) in [6.07, 6.45) is 5.95. The van der Waals surface area contributed by atoms with Gasteiger partial charge in [0.2, 0.25) is 0 Å². The smallest absolute Gasteiger partial charge is 0.124 e. The molecular weight excluding hydrogens is 222 g/mol. The van der Waals surface area contributed by atoms with Gasteiger partial charge in [0.15, 0.2) is 0 Å². The topological polar surface area (TPSA) is 21.3 Å². The van der Waals surface area contributed by atoms with Gasteiger partial charge in [-0.25, -0.2) is 0 Å². The fourth-order valence-corrected chi connectivity index (χ4v) is 3.01. The Morgan fingerprint density at radius 1 is 1.22 bits per heavy atom. The van der Waals surface area contributed by atoms with Gasteiger partial charge in [-0.1, -0.05) is 38.5 Å². The zero-order valence-electron chi connectivity index (χ0n) is 11.7. The summed E-state index contributed by atoms with van der Waals surface area (Å²) < 4.78 is 5.93. The van der Waals surface area contributed by atoms with Crippen molar-refractivity contribution >= 4 is 0 Å². The van der Waals surface area contributed by atoms with Crippen molar-refractivity contribution in [3.63, 3.8) is 0 Å². The first kappa shape index (κ1) is 13.4. The molecule has 1 fully saturated rings. The first-order chi connectivity index (χ1) is 8.82. The van der Waals surface area contributed by atoms with Crippen molar-refractivity contribution in [1.82, 2.24) is 5.32 Å². The highest BCUT2D eigenvalue weighted by atomic mass is 16.5. The first-order valence-corrected chi connectivity index (χ1v) is 7.30. The summed E-state index contributed by atoms with van der Waals surface area (Å²) in [7, 11) is 0. The number of benzene rings is 1. The average molecular weight is 247 g/mol. The third kappa shape index (κ3) is 2.69. The second-order valence-electron chi connectivity index (χ2n) is 5.21. The molecule has 1 aliphatic heterocycles. The first-order valence-electron chi connectivity index (χ1n) is 7.30. The molecule has 0 radical (unpaired) electrons. The van der Waals surface area contributed by atoms with Crippen LogP contribution < -0.4 is 10.1 Å². The number of hydrogen-bond acceptors (Lipinski definition) is 2. The predicted octanol–water partition coefficient (Wildman–Crippen LogP) is 3.85. The monoisotopic (exact) mass is 247 g/mol. The second kappa shape index (κ2) is 6.24. The molecule has 1 aromatic rings. The van der Waals surface area contributed by atoms with Gasteiger partial charge in [-0.3, -0.25) is 0 Å². The standard InChI is InChI=1S/C16H25NO/c1-3-10-16(11-7-12-17-16)14-8-5-6-9-15(14)18-13-4-2/h5-6,8-9,17H,3-4,7,10-13H2,1-2H3. The van der Waals surface area contributed by atoms with E-state index in [1.807, 2.05) is 0 Å². The molecule has 0 spiro atoms. The molecule has 1 aromatic carbocycles. The Hall–Kier alpha value is -1.02. The van der Waals surface area contributed by atoms with Crippen molar-refractivity contribution in [2.75, 3.05) is 13.2 Å². The number of ether oxygens (including phenoxy) is 1. The SMILES string of the molecule is CCCOc1ccccc1C1(CCC)CCCN1. The van der Waals surface area contributed by atoms with Crippen molar-refractivity contribution in [3.05, 3.63) is 29.8 Å². The van der Waals surface area contributed by atoms with E-state index in [9.17, 15) is 0 Å². The van der Waals surface area contributed by atoms with E-state index < -0.39 is 0 Å². The summed E-state index contributed by atoms with van der Waals surface area (Å²) in [6.45, 7) is 6.34. The minimum absolute atomic E-state index is 0.152. The lowest BCUT2D eigenvalue weighted by Gasteiger charge is -2.31. The van der Waals surface area contributed by atoms with Crippen LogP contribution in [0.15, 0.2) is 24.3 Å². The molecule has 1 heterocycles. The van der Waals surface area contributed by atoms with Gasteiger partial charge in [0.05, 0.1) is 6.61 Å². The Kier molecular flexibility index (Phi) is 4.65. The van der Waals surface area contributed by atoms with Crippen LogP contribution in [0.3, 0.4) is 0 Å². The van der Waals surface area contributed by atoms with Crippen molar-refractivity contribution in [2.45, 2.75) is 51.5 Å². The van der Waals surface area contributed by atoms with Crippen LogP contribution >= 0.6 is 0 Å². The second-order valence-corrected chi connectivity index (χ2v) is 5.21. The van der Waals surface area contributed by atoms with Gasteiger partial charge in [-0.2, -0.15) is 0 Å². The summed E-state index contributed by atoms with van der Waals surface area (Å²) in [5.74, 6) is 1.07. The van der Waals surface area contributed by atoms with Crippen LogP contribution in [0.1, 0.15) is 51.5 Å². The lowest BCUT2D eigenvalue weighted by molar-refractivity contribution is 0.288. The van der Waals surface area contributed by atoms with Gasteiger partial charge in [-0.05, 0) is 38.3 Å². The Morgan fingerprint density at radius 2 is 2.06 bits per heavy atom. The number of hydrogen-bond donors (Lipinski definition) is 1. The normalized spacial score (nSPS) is 23.2. The third-order valence-corrected chi connectivity index (χ3v) is 3.78. The third-order valence-electron chi connectivity index (χ3n) is 3.78. The Balaban J connectivity index is 2.29. The van der Waals surface area contributed by atoms with E-state index in [0.717, 1.165) is 25.3 Å². The summed E-state index contributed by atoms with van der Waals surface area (Å²) >= 11 is 0. The van der Waals surface area contributed by atoms with Gasteiger partial charge in [-0.15, -0.1) is 0 Å². The predicted molar refractivity (Wildman–Crippen MR) is 76.1 cm³/mol. The highest BCUT2D eigenvalue weighted by Gasteiger charge is 2.36. The quantitative estimate of drug-likeness (QED) is 0.824. The van der Waals surface area contributed by atoms with Gasteiger partial charge in [0.25, 0.3) is 0 Å². The number of nitrogens with one attached hydrogen (secondary N) is 1. The fraction of sp³-hybridized carbons (Fsp3) is 0.625. The van der Waals surface area contributed by atoms with Gasteiger partial charge in [0.1, 0.15) is 5.75 Å². The van der Waals surface area contributed by atoms with Crippen LogP contribution in [0.4, 0.5) is 0 Å². The minimum Gasteiger partial charge on any atom is -0.493 e. The van der Waals surface area contributed by atoms with Crippen LogP contribution in [0, 0.1) is 0 Å². The molecule has 1 aliphatic rings. The lowest BCUT2D eigenvalue weighted by atomic mass is 9.83. The molecule has 0 aliphatic carbocycles. The summed E-state index contributed by atoms with van der Waals surface area (Å²) in [4.78, 5) is 0. The molecule has 100 valence electrons. The van der Waals surface area contributed by atoms with E-state index in [4.69, 9.17) is 4.74 Å². The van der Waals surface area contributed by atoms with E-state index in [0.29, 0.717) is 0 Å². The highest BCUT2D eigenvalue weighted by Crippen LogP contribution is 2.39. The maximum Gasteiger partial charge on any atom is 0.124 e. The molecule has 1 saturated heterocycles. The van der Waals surface area contributed by atoms with Crippen LogP contribution in [0.25, 0.3) is 0 Å². The molecule has 0 bridgehead atoms. The summed E-state index contributed by atoms with van der Waals surface area (Å²) in [5.41, 5.74) is 1.51. The molecule has 1 N–H and O–H groups in total. The van der Waals surface area contributed by atoms with Crippen LogP contribution in [-0.2, 0) is 5.54 Å². The van der Waals surface area contributed by atoms with Crippen molar-refractivity contribution < 1.29 is 4.74 Å². The maximum atomic E-state index is 5.93. The fourth-order valence-electron chi connectivity index (χ4n) is 3.01.